The van der Waals surface area contributed by atoms with Crippen molar-refractivity contribution in [3.8, 4) is 0 Å². The van der Waals surface area contributed by atoms with E-state index in [2.05, 4.69) is 26.2 Å². The molecule has 0 atom stereocenters. The molecule has 1 aliphatic rings. The number of pyridine rings is 1. The number of rotatable bonds is 4. The van der Waals surface area contributed by atoms with Gasteiger partial charge in [0.25, 0.3) is 5.69 Å². The number of ether oxygens (including phenoxy) is 1. The Balaban J connectivity index is 2.01. The Kier molecular flexibility index (Phi) is 4.33. The van der Waals surface area contributed by atoms with Crippen LogP contribution in [0.3, 0.4) is 0 Å². The summed E-state index contributed by atoms with van der Waals surface area (Å²) in [7, 11) is 0. The summed E-state index contributed by atoms with van der Waals surface area (Å²) in [6.45, 7) is 1.40. The lowest BCUT2D eigenvalue weighted by atomic mass is 9.94. The van der Waals surface area contributed by atoms with E-state index < -0.39 is 10.5 Å². The number of halogens is 1. The van der Waals surface area contributed by atoms with Crippen molar-refractivity contribution >= 4 is 27.4 Å². The fourth-order valence-corrected chi connectivity index (χ4v) is 2.31. The topological polar surface area (TPSA) is 97.5 Å². The lowest BCUT2D eigenvalue weighted by Crippen LogP contribution is -2.42. The minimum Gasteiger partial charge on any atom is -0.388 e. The Hall–Kier alpha value is -1.25. The zero-order valence-electron chi connectivity index (χ0n) is 10.1. The molecule has 0 spiro atoms. The van der Waals surface area contributed by atoms with Crippen LogP contribution in [0.1, 0.15) is 12.8 Å². The van der Waals surface area contributed by atoms with Crippen LogP contribution >= 0.6 is 15.9 Å². The first kappa shape index (κ1) is 14.2. The summed E-state index contributed by atoms with van der Waals surface area (Å²) in [5.74, 6) is 0.477. The van der Waals surface area contributed by atoms with Crippen LogP contribution in [0.4, 0.5) is 11.5 Å². The Labute approximate surface area is 118 Å². The molecule has 0 unspecified atom stereocenters. The number of aliphatic hydroxyl groups is 1. The van der Waals surface area contributed by atoms with Crippen molar-refractivity contribution in [3.63, 3.8) is 0 Å². The van der Waals surface area contributed by atoms with E-state index in [4.69, 9.17) is 4.74 Å². The summed E-state index contributed by atoms with van der Waals surface area (Å²) < 4.78 is 5.69. The molecule has 1 aromatic rings. The molecule has 2 heterocycles. The van der Waals surface area contributed by atoms with Gasteiger partial charge in [0, 0.05) is 38.7 Å². The van der Waals surface area contributed by atoms with Gasteiger partial charge in [0.05, 0.1) is 15.0 Å². The van der Waals surface area contributed by atoms with Crippen molar-refractivity contribution in [2.75, 3.05) is 25.1 Å². The standard InChI is InChI=1S/C11H14BrN3O4/c12-9-5-8(15(17)18)6-13-10(9)14-7-11(16)1-3-19-4-2-11/h5-6,16H,1-4,7H2,(H,13,14). The lowest BCUT2D eigenvalue weighted by molar-refractivity contribution is -0.385. The highest BCUT2D eigenvalue weighted by Crippen LogP contribution is 2.26. The van der Waals surface area contributed by atoms with Crippen LogP contribution in [-0.4, -0.2) is 40.4 Å². The van der Waals surface area contributed by atoms with E-state index in [-0.39, 0.29) is 5.69 Å². The van der Waals surface area contributed by atoms with Gasteiger partial charge in [-0.05, 0) is 15.9 Å². The lowest BCUT2D eigenvalue weighted by Gasteiger charge is -2.32. The molecule has 0 amide bonds. The molecule has 1 fully saturated rings. The Morgan fingerprint density at radius 3 is 2.84 bits per heavy atom. The largest absolute Gasteiger partial charge is 0.388 e. The first-order valence-corrected chi connectivity index (χ1v) is 6.63. The number of anilines is 1. The van der Waals surface area contributed by atoms with Crippen LogP contribution in [-0.2, 0) is 4.74 Å². The van der Waals surface area contributed by atoms with Gasteiger partial charge in [0.15, 0.2) is 0 Å². The molecule has 8 heteroatoms. The molecule has 0 saturated carbocycles. The molecule has 0 aromatic carbocycles. The molecule has 104 valence electrons. The predicted molar refractivity (Wildman–Crippen MR) is 72.1 cm³/mol. The molecule has 2 N–H and O–H groups in total. The monoisotopic (exact) mass is 331 g/mol. The molecule has 7 nitrogen and oxygen atoms in total. The fourth-order valence-electron chi connectivity index (χ4n) is 1.83. The normalized spacial score (nSPS) is 18.0. The van der Waals surface area contributed by atoms with Crippen molar-refractivity contribution in [1.29, 1.82) is 0 Å². The van der Waals surface area contributed by atoms with E-state index in [1.54, 1.807) is 0 Å². The second-order valence-electron chi connectivity index (χ2n) is 4.47. The minimum absolute atomic E-state index is 0.0813. The maximum atomic E-state index is 10.6. The van der Waals surface area contributed by atoms with Gasteiger partial charge in [0.1, 0.15) is 12.0 Å². The summed E-state index contributed by atoms with van der Waals surface area (Å²) >= 11 is 3.22. The third kappa shape index (κ3) is 3.62. The van der Waals surface area contributed by atoms with Crippen molar-refractivity contribution < 1.29 is 14.8 Å². The van der Waals surface area contributed by atoms with E-state index in [1.807, 2.05) is 0 Å². The van der Waals surface area contributed by atoms with Crippen molar-refractivity contribution in [2.45, 2.75) is 18.4 Å². The molecule has 0 aliphatic carbocycles. The highest BCUT2D eigenvalue weighted by Gasteiger charge is 2.29. The van der Waals surface area contributed by atoms with Gasteiger partial charge < -0.3 is 15.2 Å². The maximum absolute atomic E-state index is 10.6. The average molecular weight is 332 g/mol. The fraction of sp³-hybridized carbons (Fsp3) is 0.545. The summed E-state index contributed by atoms with van der Waals surface area (Å²) in [4.78, 5) is 14.1. The van der Waals surface area contributed by atoms with Gasteiger partial charge in [0.2, 0.25) is 0 Å². The van der Waals surface area contributed by atoms with Crippen LogP contribution in [0.15, 0.2) is 16.7 Å². The first-order valence-electron chi connectivity index (χ1n) is 5.84. The molecular formula is C11H14BrN3O4. The SMILES string of the molecule is O=[N+]([O-])c1cnc(NCC2(O)CCOCC2)c(Br)c1. The molecule has 1 aliphatic heterocycles. The van der Waals surface area contributed by atoms with E-state index in [9.17, 15) is 15.2 Å². The van der Waals surface area contributed by atoms with Gasteiger partial charge in [-0.25, -0.2) is 4.98 Å². The highest BCUT2D eigenvalue weighted by molar-refractivity contribution is 9.10. The van der Waals surface area contributed by atoms with E-state index >= 15 is 0 Å². The third-order valence-electron chi connectivity index (χ3n) is 3.05. The zero-order chi connectivity index (χ0) is 13.9. The Bertz CT molecular complexity index is 477. The van der Waals surface area contributed by atoms with E-state index in [0.717, 1.165) is 0 Å². The number of hydrogen-bond donors (Lipinski definition) is 2. The van der Waals surface area contributed by atoms with Gasteiger partial charge in [-0.2, -0.15) is 0 Å². The van der Waals surface area contributed by atoms with E-state index in [0.29, 0.717) is 42.9 Å². The maximum Gasteiger partial charge on any atom is 0.288 e. The molecule has 1 saturated heterocycles. The molecular weight excluding hydrogens is 318 g/mol. The summed E-state index contributed by atoms with van der Waals surface area (Å²) in [6.07, 6.45) is 2.30. The Morgan fingerprint density at radius 1 is 1.58 bits per heavy atom. The summed E-state index contributed by atoms with van der Waals surface area (Å²) in [5.41, 5.74) is -0.900. The highest BCUT2D eigenvalue weighted by atomic mass is 79.9. The third-order valence-corrected chi connectivity index (χ3v) is 3.65. The number of aromatic nitrogens is 1. The minimum atomic E-state index is -0.818. The van der Waals surface area contributed by atoms with Crippen LogP contribution in [0.25, 0.3) is 0 Å². The van der Waals surface area contributed by atoms with Gasteiger partial charge >= 0.3 is 0 Å². The molecule has 19 heavy (non-hydrogen) atoms. The van der Waals surface area contributed by atoms with Gasteiger partial charge in [-0.1, -0.05) is 0 Å². The number of nitrogens with one attached hydrogen (secondary N) is 1. The van der Waals surface area contributed by atoms with E-state index in [1.165, 1.54) is 12.3 Å². The second kappa shape index (κ2) is 5.81. The summed E-state index contributed by atoms with van der Waals surface area (Å²) in [6, 6.07) is 1.38. The average Bonchev–Trinajstić information content (AvgIpc) is 2.38. The predicted octanol–water partition coefficient (Wildman–Crippen LogP) is 1.71. The van der Waals surface area contributed by atoms with Gasteiger partial charge in [-0.3, -0.25) is 10.1 Å². The van der Waals surface area contributed by atoms with Crippen molar-refractivity contribution in [3.05, 3.63) is 26.9 Å². The first-order chi connectivity index (χ1) is 9.00. The smallest absolute Gasteiger partial charge is 0.288 e. The van der Waals surface area contributed by atoms with Crippen molar-refractivity contribution in [2.24, 2.45) is 0 Å². The second-order valence-corrected chi connectivity index (χ2v) is 5.33. The molecule has 1 aromatic heterocycles. The van der Waals surface area contributed by atoms with Gasteiger partial charge in [-0.15, -0.1) is 0 Å². The molecule has 2 rings (SSSR count). The number of nitrogens with zero attached hydrogens (tertiary/aromatic N) is 2. The number of hydrogen-bond acceptors (Lipinski definition) is 6. The zero-order valence-corrected chi connectivity index (χ0v) is 11.7. The molecule has 0 bridgehead atoms. The quantitative estimate of drug-likeness (QED) is 0.643. The van der Waals surface area contributed by atoms with Crippen LogP contribution < -0.4 is 5.32 Å². The molecule has 0 radical (unpaired) electrons. The van der Waals surface area contributed by atoms with Crippen LogP contribution in [0.5, 0.6) is 0 Å². The van der Waals surface area contributed by atoms with Crippen LogP contribution in [0.2, 0.25) is 0 Å². The van der Waals surface area contributed by atoms with Crippen LogP contribution in [0, 0.1) is 10.1 Å². The van der Waals surface area contributed by atoms with Crippen molar-refractivity contribution in [1.82, 2.24) is 4.98 Å². The summed E-state index contributed by atoms with van der Waals surface area (Å²) in [5, 5.41) is 23.9. The number of nitro groups is 1. The Morgan fingerprint density at radius 2 is 2.26 bits per heavy atom.